The van der Waals surface area contributed by atoms with Crippen LogP contribution in [0, 0.1) is 17.8 Å². The van der Waals surface area contributed by atoms with E-state index in [0.29, 0.717) is 19.4 Å². The molecule has 1 spiro atoms. The number of ether oxygens (including phenoxy) is 1. The fourth-order valence-corrected chi connectivity index (χ4v) is 9.44. The molecule has 1 aliphatic carbocycles. The number of hydrogen-bond donors (Lipinski definition) is 1. The molecule has 7 atom stereocenters. The molecule has 0 radical (unpaired) electrons. The van der Waals surface area contributed by atoms with Gasteiger partial charge in [-0.1, -0.05) is 51.7 Å². The molecule has 37 heavy (non-hydrogen) atoms. The number of nitrogens with zero attached hydrogens (tertiary/aromatic N) is 2. The Labute approximate surface area is 226 Å². The standard InChI is InChI=1S/C29H44N2O5S/c1-5-8-17-36-28(35)23-22-14-15-29(37-22)24(23)26(33)31(21(18-32)19(4)7-3)25(29)27(34)30(16-6-2)20-12-10-9-11-13-20/h5-6,19-25,32H,1-2,7-18H2,3-4H3/t19-,21-,22-,23+,24-,25?,29?/m0/s1. The minimum absolute atomic E-state index is 0.0159. The molecule has 4 fully saturated rings. The number of carbonyl (C=O) groups is 3. The number of likely N-dealkylation sites (tertiary alicyclic amines) is 1. The van der Waals surface area contributed by atoms with Crippen molar-refractivity contribution < 1.29 is 24.2 Å². The summed E-state index contributed by atoms with van der Waals surface area (Å²) in [4.78, 5) is 45.8. The summed E-state index contributed by atoms with van der Waals surface area (Å²) in [6, 6.07) is -1.04. The molecule has 1 N–H and O–H groups in total. The maximum absolute atomic E-state index is 14.6. The number of carbonyl (C=O) groups excluding carboxylic acids is 3. The highest BCUT2D eigenvalue weighted by molar-refractivity contribution is 8.02. The summed E-state index contributed by atoms with van der Waals surface area (Å²) in [5, 5.41) is 10.5. The van der Waals surface area contributed by atoms with E-state index >= 15 is 0 Å². The van der Waals surface area contributed by atoms with Gasteiger partial charge in [0.2, 0.25) is 11.8 Å². The molecule has 0 aromatic rings. The fraction of sp³-hybridized carbons (Fsp3) is 0.759. The Morgan fingerprint density at radius 2 is 1.97 bits per heavy atom. The average Bonchev–Trinajstić information content (AvgIpc) is 3.55. The third-order valence-electron chi connectivity index (χ3n) is 9.28. The second kappa shape index (κ2) is 11.9. The lowest BCUT2D eigenvalue weighted by molar-refractivity contribution is -0.154. The molecule has 4 rings (SSSR count). The smallest absolute Gasteiger partial charge is 0.310 e. The van der Waals surface area contributed by atoms with Crippen LogP contribution in [-0.4, -0.2) is 80.6 Å². The third-order valence-corrected chi connectivity index (χ3v) is 11.2. The van der Waals surface area contributed by atoms with Crippen molar-refractivity contribution in [3.63, 3.8) is 0 Å². The molecular formula is C29H44N2O5S. The van der Waals surface area contributed by atoms with E-state index in [2.05, 4.69) is 13.2 Å². The van der Waals surface area contributed by atoms with Crippen molar-refractivity contribution >= 4 is 29.5 Å². The van der Waals surface area contributed by atoms with E-state index in [1.807, 2.05) is 18.7 Å². The lowest BCUT2D eigenvalue weighted by atomic mass is 9.71. The van der Waals surface area contributed by atoms with Crippen LogP contribution >= 0.6 is 11.8 Å². The average molecular weight is 533 g/mol. The van der Waals surface area contributed by atoms with Crippen molar-refractivity contribution in [2.24, 2.45) is 17.8 Å². The van der Waals surface area contributed by atoms with Crippen LogP contribution < -0.4 is 0 Å². The Morgan fingerprint density at radius 3 is 2.59 bits per heavy atom. The normalized spacial score (nSPS) is 32.6. The van der Waals surface area contributed by atoms with Gasteiger partial charge in [0.1, 0.15) is 6.04 Å². The quantitative estimate of drug-likeness (QED) is 0.233. The molecule has 206 valence electrons. The number of thioether (sulfide) groups is 1. The van der Waals surface area contributed by atoms with Crippen LogP contribution in [0.15, 0.2) is 25.3 Å². The van der Waals surface area contributed by atoms with Crippen molar-refractivity contribution in [3.05, 3.63) is 25.3 Å². The molecule has 3 aliphatic heterocycles. The number of esters is 1. The SMILES string of the molecule is C=CCCOC(=O)[C@@H]1[C@@H]2CCC3(S2)C(C(=O)N(CC=C)C2CCCCC2)N([C@@H](CO)[C@@H](C)CC)C(=O)[C@H]13. The van der Waals surface area contributed by atoms with Crippen molar-refractivity contribution in [1.29, 1.82) is 0 Å². The molecule has 2 bridgehead atoms. The summed E-state index contributed by atoms with van der Waals surface area (Å²) in [5.74, 6) is -1.70. The van der Waals surface area contributed by atoms with E-state index in [-0.39, 0.29) is 48.2 Å². The van der Waals surface area contributed by atoms with Gasteiger partial charge in [0, 0.05) is 17.8 Å². The molecule has 2 amide bonds. The highest BCUT2D eigenvalue weighted by Crippen LogP contribution is 2.67. The predicted octanol–water partition coefficient (Wildman–Crippen LogP) is 3.95. The summed E-state index contributed by atoms with van der Waals surface area (Å²) < 4.78 is 4.92. The van der Waals surface area contributed by atoms with Crippen molar-refractivity contribution in [3.8, 4) is 0 Å². The summed E-state index contributed by atoms with van der Waals surface area (Å²) in [6.45, 7) is 12.2. The highest BCUT2D eigenvalue weighted by atomic mass is 32.2. The molecule has 0 aromatic carbocycles. The van der Waals surface area contributed by atoms with Gasteiger partial charge in [-0.2, -0.15) is 0 Å². The van der Waals surface area contributed by atoms with Gasteiger partial charge < -0.3 is 19.6 Å². The number of aliphatic hydroxyl groups excluding tert-OH is 1. The number of amides is 2. The lowest BCUT2D eigenvalue weighted by Gasteiger charge is -2.43. The maximum atomic E-state index is 14.6. The monoisotopic (exact) mass is 532 g/mol. The van der Waals surface area contributed by atoms with Crippen LogP contribution in [0.25, 0.3) is 0 Å². The number of hydrogen-bond acceptors (Lipinski definition) is 6. The van der Waals surface area contributed by atoms with Crippen LogP contribution in [0.5, 0.6) is 0 Å². The summed E-state index contributed by atoms with van der Waals surface area (Å²) in [5.41, 5.74) is 0. The maximum Gasteiger partial charge on any atom is 0.310 e. The first-order valence-corrected chi connectivity index (χ1v) is 15.0. The highest BCUT2D eigenvalue weighted by Gasteiger charge is 2.75. The van der Waals surface area contributed by atoms with Crippen LogP contribution in [-0.2, 0) is 19.1 Å². The Morgan fingerprint density at radius 1 is 1.24 bits per heavy atom. The van der Waals surface area contributed by atoms with E-state index in [9.17, 15) is 19.5 Å². The molecule has 2 unspecified atom stereocenters. The van der Waals surface area contributed by atoms with E-state index in [1.54, 1.807) is 28.8 Å². The summed E-state index contributed by atoms with van der Waals surface area (Å²) in [6.07, 6.45) is 11.6. The second-order valence-corrected chi connectivity index (χ2v) is 12.9. The van der Waals surface area contributed by atoms with Crippen LogP contribution in [0.2, 0.25) is 0 Å². The molecule has 3 heterocycles. The van der Waals surface area contributed by atoms with Gasteiger partial charge >= 0.3 is 5.97 Å². The van der Waals surface area contributed by atoms with Gasteiger partial charge in [-0.3, -0.25) is 14.4 Å². The molecular weight excluding hydrogens is 488 g/mol. The third kappa shape index (κ3) is 4.88. The first-order chi connectivity index (χ1) is 17.9. The van der Waals surface area contributed by atoms with Gasteiger partial charge in [0.05, 0.1) is 35.8 Å². The van der Waals surface area contributed by atoms with Gasteiger partial charge in [0.15, 0.2) is 0 Å². The van der Waals surface area contributed by atoms with Crippen molar-refractivity contribution in [2.75, 3.05) is 19.8 Å². The largest absolute Gasteiger partial charge is 0.465 e. The number of aliphatic hydroxyl groups is 1. The fourth-order valence-electron chi connectivity index (χ4n) is 7.26. The van der Waals surface area contributed by atoms with Gasteiger partial charge in [0.25, 0.3) is 0 Å². The van der Waals surface area contributed by atoms with Crippen LogP contribution in [0.4, 0.5) is 0 Å². The first kappa shape index (κ1) is 28.2. The minimum Gasteiger partial charge on any atom is -0.465 e. The van der Waals surface area contributed by atoms with Crippen LogP contribution in [0.3, 0.4) is 0 Å². The first-order valence-electron chi connectivity index (χ1n) is 14.2. The van der Waals surface area contributed by atoms with E-state index in [1.165, 1.54) is 6.42 Å². The van der Waals surface area contributed by atoms with Crippen molar-refractivity contribution in [1.82, 2.24) is 9.80 Å². The Kier molecular flexibility index (Phi) is 9.10. The molecule has 7 nitrogen and oxygen atoms in total. The molecule has 8 heteroatoms. The molecule has 4 aliphatic rings. The minimum atomic E-state index is -0.695. The topological polar surface area (TPSA) is 87.2 Å². The Balaban J connectivity index is 1.74. The zero-order valence-electron chi connectivity index (χ0n) is 22.5. The Hall–Kier alpha value is -1.80. The zero-order chi connectivity index (χ0) is 26.7. The molecule has 0 aromatic heterocycles. The lowest BCUT2D eigenvalue weighted by Crippen LogP contribution is -2.60. The van der Waals surface area contributed by atoms with Gasteiger partial charge in [-0.25, -0.2) is 0 Å². The Bertz CT molecular complexity index is 890. The molecule has 1 saturated carbocycles. The number of fused-ring (bicyclic) bond motifs is 1. The summed E-state index contributed by atoms with van der Waals surface area (Å²) >= 11 is 1.66. The van der Waals surface area contributed by atoms with E-state index in [0.717, 1.165) is 38.5 Å². The molecule has 3 saturated heterocycles. The van der Waals surface area contributed by atoms with Gasteiger partial charge in [-0.15, -0.1) is 24.9 Å². The summed E-state index contributed by atoms with van der Waals surface area (Å²) in [7, 11) is 0. The van der Waals surface area contributed by atoms with E-state index in [4.69, 9.17) is 4.74 Å². The van der Waals surface area contributed by atoms with Crippen LogP contribution in [0.1, 0.15) is 71.6 Å². The van der Waals surface area contributed by atoms with E-state index < -0.39 is 28.7 Å². The zero-order valence-corrected chi connectivity index (χ0v) is 23.3. The predicted molar refractivity (Wildman–Crippen MR) is 146 cm³/mol. The van der Waals surface area contributed by atoms with Crippen molar-refractivity contribution in [2.45, 2.75) is 99.8 Å². The van der Waals surface area contributed by atoms with Gasteiger partial charge in [-0.05, 0) is 38.0 Å². The number of rotatable bonds is 12. The second-order valence-electron chi connectivity index (χ2n) is 11.3.